The number of nitrogens with zero attached hydrogens (tertiary/aromatic N) is 1. The van der Waals surface area contributed by atoms with E-state index in [1.54, 1.807) is 6.20 Å². The van der Waals surface area contributed by atoms with Crippen LogP contribution in [0.2, 0.25) is 0 Å². The molecule has 1 atom stereocenters. The number of esters is 1. The highest BCUT2D eigenvalue weighted by Crippen LogP contribution is 2.07. The van der Waals surface area contributed by atoms with Crippen LogP contribution in [-0.4, -0.2) is 66.2 Å². The van der Waals surface area contributed by atoms with E-state index in [0.29, 0.717) is 6.42 Å². The molecule has 0 radical (unpaired) electrons. The van der Waals surface area contributed by atoms with Crippen LogP contribution in [0.3, 0.4) is 0 Å². The molecule has 7 heteroatoms. The summed E-state index contributed by atoms with van der Waals surface area (Å²) in [6.07, 6.45) is 40.4. The second-order valence-corrected chi connectivity index (χ2v) is 10.9. The molecule has 0 saturated heterocycles. The van der Waals surface area contributed by atoms with Crippen molar-refractivity contribution < 1.29 is 19.7 Å². The monoisotopic (exact) mass is 621 g/mol. The first-order valence-electron chi connectivity index (χ1n) is 16.9. The molecule has 0 amide bonds. The number of unbranched alkanes of at least 4 members (excludes halogenated alkanes) is 3. The van der Waals surface area contributed by atoms with Crippen molar-refractivity contribution in [3.8, 4) is 0 Å². The van der Waals surface area contributed by atoms with Crippen molar-refractivity contribution in [1.82, 2.24) is 15.6 Å². The smallest absolute Gasteiger partial charge is 0.323 e. The number of hydrogen-bond donors (Lipinski definition) is 4. The Hall–Kier alpha value is -3.10. The molecule has 0 spiro atoms. The van der Waals surface area contributed by atoms with Crippen molar-refractivity contribution in [2.45, 2.75) is 96.1 Å². The van der Waals surface area contributed by atoms with Gasteiger partial charge in [0, 0.05) is 12.4 Å². The Morgan fingerprint density at radius 3 is 2.07 bits per heavy atom. The highest BCUT2D eigenvalue weighted by Gasteiger charge is 2.22. The molecule has 250 valence electrons. The van der Waals surface area contributed by atoms with Crippen molar-refractivity contribution in [2.24, 2.45) is 0 Å². The van der Waals surface area contributed by atoms with Crippen LogP contribution in [0.15, 0.2) is 91.4 Å². The quantitative estimate of drug-likeness (QED) is 0.0453. The van der Waals surface area contributed by atoms with Gasteiger partial charge in [-0.3, -0.25) is 9.78 Å². The molecular weight excluding hydrogens is 562 g/mol. The zero-order chi connectivity index (χ0) is 32.5. The first kappa shape index (κ1) is 39.9. The minimum atomic E-state index is -0.876. The molecule has 1 rings (SSSR count). The van der Waals surface area contributed by atoms with Crippen LogP contribution in [0.5, 0.6) is 0 Å². The Balaban J connectivity index is 2.19. The van der Waals surface area contributed by atoms with E-state index in [9.17, 15) is 15.0 Å². The number of rotatable bonds is 28. The largest absolute Gasteiger partial charge is 0.456 e. The summed E-state index contributed by atoms with van der Waals surface area (Å²) < 4.78 is 5.30. The summed E-state index contributed by atoms with van der Waals surface area (Å²) >= 11 is 0. The van der Waals surface area contributed by atoms with Crippen molar-refractivity contribution in [1.29, 1.82) is 0 Å². The Morgan fingerprint density at radius 2 is 1.44 bits per heavy atom. The number of ether oxygens (including phenoxy) is 1. The minimum absolute atomic E-state index is 0.388. The summed E-state index contributed by atoms with van der Waals surface area (Å²) in [5.41, 5.74) is 1.10. The molecule has 0 aliphatic carbocycles. The molecule has 0 unspecified atom stereocenters. The van der Waals surface area contributed by atoms with Gasteiger partial charge >= 0.3 is 5.97 Å². The van der Waals surface area contributed by atoms with Crippen molar-refractivity contribution in [3.05, 3.63) is 96.9 Å². The molecule has 0 aliphatic heterocycles. The van der Waals surface area contributed by atoms with Crippen molar-refractivity contribution in [3.63, 3.8) is 0 Å². The van der Waals surface area contributed by atoms with E-state index in [-0.39, 0.29) is 13.2 Å². The number of aliphatic hydroxyl groups excluding tert-OH is 2. The predicted octanol–water partition coefficient (Wildman–Crippen LogP) is 7.02. The lowest BCUT2D eigenvalue weighted by atomic mass is 10.1. The molecule has 1 heterocycles. The second-order valence-electron chi connectivity index (χ2n) is 10.9. The van der Waals surface area contributed by atoms with E-state index in [2.05, 4.69) is 95.5 Å². The number of nitrogens with one attached hydrogen (secondary N) is 2. The first-order valence-corrected chi connectivity index (χ1v) is 16.9. The van der Waals surface area contributed by atoms with Gasteiger partial charge in [0.15, 0.2) is 0 Å². The zero-order valence-corrected chi connectivity index (χ0v) is 27.6. The van der Waals surface area contributed by atoms with E-state index in [1.165, 1.54) is 0 Å². The zero-order valence-electron chi connectivity index (χ0n) is 27.6. The van der Waals surface area contributed by atoms with Gasteiger partial charge in [-0.05, 0) is 102 Å². The van der Waals surface area contributed by atoms with E-state index >= 15 is 0 Å². The number of aromatic nitrogens is 1. The molecular formula is C38H59N3O4. The lowest BCUT2D eigenvalue weighted by molar-refractivity contribution is -0.156. The third kappa shape index (κ3) is 24.9. The SMILES string of the molecule is CC/C=C\CC=CCC=CC/C=C\C/C=C\CCCCN[C@@H](CCCCNCC/C=C/c1cccnc1)C(=O)OC(CO)CO. The first-order chi connectivity index (χ1) is 22.2. The van der Waals surface area contributed by atoms with Crippen LogP contribution < -0.4 is 10.6 Å². The van der Waals surface area contributed by atoms with Crippen LogP contribution in [0.25, 0.3) is 6.08 Å². The Kier molecular flexibility index (Phi) is 27.4. The predicted molar refractivity (Wildman–Crippen MR) is 189 cm³/mol. The molecule has 4 N–H and O–H groups in total. The summed E-state index contributed by atoms with van der Waals surface area (Å²) in [6, 6.07) is 3.51. The molecule has 45 heavy (non-hydrogen) atoms. The van der Waals surface area contributed by atoms with Gasteiger partial charge in [-0.25, -0.2) is 0 Å². The fourth-order valence-corrected chi connectivity index (χ4v) is 4.32. The van der Waals surface area contributed by atoms with Crippen LogP contribution >= 0.6 is 0 Å². The Bertz CT molecular complexity index is 998. The molecule has 0 bridgehead atoms. The third-order valence-electron chi connectivity index (χ3n) is 6.90. The minimum Gasteiger partial charge on any atom is -0.456 e. The van der Waals surface area contributed by atoms with E-state index in [0.717, 1.165) is 95.8 Å². The third-order valence-corrected chi connectivity index (χ3v) is 6.90. The maximum Gasteiger partial charge on any atom is 0.323 e. The van der Waals surface area contributed by atoms with E-state index in [4.69, 9.17) is 4.74 Å². The maximum atomic E-state index is 12.7. The average Bonchev–Trinajstić information content (AvgIpc) is 3.06. The van der Waals surface area contributed by atoms with Crippen LogP contribution in [0.4, 0.5) is 0 Å². The van der Waals surface area contributed by atoms with Gasteiger partial charge in [0.2, 0.25) is 0 Å². The fourth-order valence-electron chi connectivity index (χ4n) is 4.32. The molecule has 0 fully saturated rings. The fraction of sp³-hybridized carbons (Fsp3) is 0.526. The van der Waals surface area contributed by atoms with Gasteiger partial charge in [0.05, 0.1) is 13.2 Å². The number of carbonyl (C=O) groups excluding carboxylic acids is 1. The topological polar surface area (TPSA) is 104 Å². The summed E-state index contributed by atoms with van der Waals surface area (Å²) in [7, 11) is 0. The lowest BCUT2D eigenvalue weighted by Crippen LogP contribution is -2.41. The van der Waals surface area contributed by atoms with Gasteiger partial charge in [-0.15, -0.1) is 0 Å². The molecule has 0 aromatic carbocycles. The normalized spacial score (nSPS) is 13.2. The standard InChI is InChI=1S/C38H59N3O4/c1-2-3-4-5-6-7-8-9-10-11-12-13-14-15-16-17-18-21-31-41-37(38(44)45-36(33-42)34-43)27-20-23-29-39-28-22-19-25-35-26-24-30-40-32-35/h3-4,6-7,9-10,12-13,15-16,19,24-26,30,32,36-37,39,41-43H,2,5,8,11,14,17-18,20-23,27-29,31,33-34H2,1H3/b4-3-,7-6?,10-9?,13-12-,16-15-,25-19+/t37-/m0/s1. The Labute approximate surface area is 273 Å². The second kappa shape index (κ2) is 30.9. The highest BCUT2D eigenvalue weighted by atomic mass is 16.6. The van der Waals surface area contributed by atoms with Gasteiger partial charge in [-0.1, -0.05) is 92.3 Å². The van der Waals surface area contributed by atoms with Crippen molar-refractivity contribution >= 4 is 12.0 Å². The lowest BCUT2D eigenvalue weighted by Gasteiger charge is -2.20. The van der Waals surface area contributed by atoms with Crippen molar-refractivity contribution in [2.75, 3.05) is 32.8 Å². The highest BCUT2D eigenvalue weighted by molar-refractivity contribution is 5.76. The molecule has 0 saturated carbocycles. The van der Waals surface area contributed by atoms with Gasteiger partial charge in [0.25, 0.3) is 0 Å². The summed E-state index contributed by atoms with van der Waals surface area (Å²) in [5.74, 6) is -0.408. The van der Waals surface area contributed by atoms with E-state index < -0.39 is 18.1 Å². The summed E-state index contributed by atoms with van der Waals surface area (Å²) in [4.78, 5) is 16.8. The molecule has 1 aromatic heterocycles. The van der Waals surface area contributed by atoms with Gasteiger partial charge in [-0.2, -0.15) is 0 Å². The average molecular weight is 622 g/mol. The number of pyridine rings is 1. The van der Waals surface area contributed by atoms with Gasteiger partial charge < -0.3 is 25.6 Å². The van der Waals surface area contributed by atoms with Gasteiger partial charge in [0.1, 0.15) is 12.1 Å². The number of allylic oxidation sites excluding steroid dienone is 10. The van der Waals surface area contributed by atoms with E-state index in [1.807, 2.05) is 18.3 Å². The number of carbonyl (C=O) groups is 1. The van der Waals surface area contributed by atoms with Crippen LogP contribution in [0.1, 0.15) is 89.5 Å². The summed E-state index contributed by atoms with van der Waals surface area (Å²) in [5, 5.41) is 25.4. The van der Waals surface area contributed by atoms with Crippen LogP contribution in [0, 0.1) is 0 Å². The Morgan fingerprint density at radius 1 is 0.800 bits per heavy atom. The number of aliphatic hydroxyl groups is 2. The number of hydrogen-bond acceptors (Lipinski definition) is 7. The molecule has 7 nitrogen and oxygen atoms in total. The molecule has 0 aliphatic rings. The molecule has 1 aromatic rings. The summed E-state index contributed by atoms with van der Waals surface area (Å²) in [6.45, 7) is 3.87. The van der Waals surface area contributed by atoms with Crippen LogP contribution in [-0.2, 0) is 9.53 Å². The maximum absolute atomic E-state index is 12.7.